The van der Waals surface area contributed by atoms with Gasteiger partial charge in [-0.3, -0.25) is 10.3 Å². The number of ether oxygens (including phenoxy) is 1. The highest BCUT2D eigenvalue weighted by Crippen LogP contribution is 2.26. The van der Waals surface area contributed by atoms with E-state index in [4.69, 9.17) is 11.2 Å². The molecular weight excluding hydrogens is 278 g/mol. The maximum atomic E-state index is 5.64. The van der Waals surface area contributed by atoms with Gasteiger partial charge in [-0.25, -0.2) is 9.50 Å². The molecule has 0 bridgehead atoms. The first-order chi connectivity index (χ1) is 10.9. The average molecular weight is 291 g/mol. The lowest BCUT2D eigenvalue weighted by atomic mass is 10.1. The molecule has 0 radical (unpaired) electrons. The molecular formula is C16H13N5O. The standard InChI is InChI=1S/C16H13N5O/c1-2-12-15(21-14(20-12)4-3-6-19-21)13-10-11(5-7-17-13)16-18-8-9-22-16/h1,3-7,10,16,18H,8-9H2. The van der Waals surface area contributed by atoms with Crippen LogP contribution in [0.25, 0.3) is 17.0 Å². The van der Waals surface area contributed by atoms with Crippen molar-refractivity contribution in [2.75, 3.05) is 13.2 Å². The summed E-state index contributed by atoms with van der Waals surface area (Å²) in [5.41, 5.74) is 3.69. The molecule has 6 nitrogen and oxygen atoms in total. The highest BCUT2D eigenvalue weighted by atomic mass is 16.5. The van der Waals surface area contributed by atoms with Gasteiger partial charge < -0.3 is 4.74 Å². The number of hydrogen-bond donors (Lipinski definition) is 1. The summed E-state index contributed by atoms with van der Waals surface area (Å²) in [6.07, 6.45) is 8.93. The van der Waals surface area contributed by atoms with E-state index in [0.29, 0.717) is 17.9 Å². The van der Waals surface area contributed by atoms with Crippen LogP contribution in [0.2, 0.25) is 0 Å². The zero-order chi connectivity index (χ0) is 14.9. The van der Waals surface area contributed by atoms with Gasteiger partial charge in [-0.1, -0.05) is 0 Å². The van der Waals surface area contributed by atoms with Crippen LogP contribution >= 0.6 is 0 Å². The Morgan fingerprint density at radius 1 is 1.36 bits per heavy atom. The molecule has 108 valence electrons. The van der Waals surface area contributed by atoms with Crippen molar-refractivity contribution in [3.8, 4) is 23.7 Å². The van der Waals surface area contributed by atoms with Gasteiger partial charge in [-0.05, 0) is 35.7 Å². The van der Waals surface area contributed by atoms with Gasteiger partial charge in [-0.15, -0.1) is 6.42 Å². The molecule has 1 fully saturated rings. The first-order valence-corrected chi connectivity index (χ1v) is 6.98. The van der Waals surface area contributed by atoms with Gasteiger partial charge in [0.2, 0.25) is 0 Å². The van der Waals surface area contributed by atoms with Crippen molar-refractivity contribution in [1.82, 2.24) is 24.9 Å². The predicted octanol–water partition coefficient (Wildman–Crippen LogP) is 1.39. The van der Waals surface area contributed by atoms with Crippen LogP contribution in [0.5, 0.6) is 0 Å². The third-order valence-corrected chi connectivity index (χ3v) is 3.58. The summed E-state index contributed by atoms with van der Waals surface area (Å²) in [6, 6.07) is 7.58. The molecule has 6 heteroatoms. The number of terminal acetylenes is 1. The first-order valence-electron chi connectivity index (χ1n) is 6.98. The van der Waals surface area contributed by atoms with Crippen LogP contribution in [-0.2, 0) is 4.74 Å². The molecule has 1 N–H and O–H groups in total. The number of aromatic nitrogens is 4. The molecule has 1 aliphatic rings. The summed E-state index contributed by atoms with van der Waals surface area (Å²) in [7, 11) is 0. The van der Waals surface area contributed by atoms with E-state index >= 15 is 0 Å². The van der Waals surface area contributed by atoms with Gasteiger partial charge >= 0.3 is 0 Å². The van der Waals surface area contributed by atoms with Crippen molar-refractivity contribution in [2.45, 2.75) is 6.23 Å². The Morgan fingerprint density at radius 3 is 3.14 bits per heavy atom. The maximum Gasteiger partial charge on any atom is 0.155 e. The van der Waals surface area contributed by atoms with E-state index in [2.05, 4.69) is 26.3 Å². The van der Waals surface area contributed by atoms with Gasteiger partial charge in [0.05, 0.1) is 12.3 Å². The van der Waals surface area contributed by atoms with Crippen LogP contribution in [-0.4, -0.2) is 32.7 Å². The van der Waals surface area contributed by atoms with Gasteiger partial charge in [0, 0.05) is 18.9 Å². The Bertz CT molecular complexity index is 874. The zero-order valence-corrected chi connectivity index (χ0v) is 11.7. The van der Waals surface area contributed by atoms with Crippen LogP contribution < -0.4 is 5.32 Å². The van der Waals surface area contributed by atoms with Crippen LogP contribution in [0.3, 0.4) is 0 Å². The number of imidazole rings is 1. The van der Waals surface area contributed by atoms with E-state index in [1.807, 2.05) is 24.3 Å². The summed E-state index contributed by atoms with van der Waals surface area (Å²) in [5, 5.41) is 7.61. The summed E-state index contributed by atoms with van der Waals surface area (Å²) >= 11 is 0. The minimum atomic E-state index is -0.108. The lowest BCUT2D eigenvalue weighted by Gasteiger charge is -2.11. The van der Waals surface area contributed by atoms with Crippen molar-refractivity contribution < 1.29 is 4.74 Å². The second kappa shape index (κ2) is 5.22. The summed E-state index contributed by atoms with van der Waals surface area (Å²) in [4.78, 5) is 8.84. The molecule has 0 spiro atoms. The molecule has 22 heavy (non-hydrogen) atoms. The van der Waals surface area contributed by atoms with Crippen molar-refractivity contribution in [2.24, 2.45) is 0 Å². The molecule has 1 saturated heterocycles. The second-order valence-electron chi connectivity index (χ2n) is 4.93. The highest BCUT2D eigenvalue weighted by molar-refractivity contribution is 5.67. The Labute approximate surface area is 127 Å². The van der Waals surface area contributed by atoms with Gasteiger partial charge in [0.15, 0.2) is 5.65 Å². The van der Waals surface area contributed by atoms with Crippen molar-refractivity contribution in [3.05, 3.63) is 47.9 Å². The van der Waals surface area contributed by atoms with Crippen molar-refractivity contribution in [1.29, 1.82) is 0 Å². The molecule has 4 rings (SSSR count). The first kappa shape index (κ1) is 13.0. The number of hydrogen-bond acceptors (Lipinski definition) is 5. The highest BCUT2D eigenvalue weighted by Gasteiger charge is 2.20. The largest absolute Gasteiger partial charge is 0.358 e. The smallest absolute Gasteiger partial charge is 0.155 e. The summed E-state index contributed by atoms with van der Waals surface area (Å²) < 4.78 is 7.35. The number of pyridine rings is 1. The minimum Gasteiger partial charge on any atom is -0.358 e. The molecule has 4 heterocycles. The van der Waals surface area contributed by atoms with Crippen molar-refractivity contribution in [3.63, 3.8) is 0 Å². The van der Waals surface area contributed by atoms with Gasteiger partial charge in [-0.2, -0.15) is 5.10 Å². The molecule has 0 amide bonds. The number of rotatable bonds is 2. The Morgan fingerprint density at radius 2 is 2.32 bits per heavy atom. The van der Waals surface area contributed by atoms with E-state index in [1.54, 1.807) is 16.9 Å². The molecule has 0 aliphatic carbocycles. The summed E-state index contributed by atoms with van der Waals surface area (Å²) in [6.45, 7) is 1.55. The Kier molecular flexibility index (Phi) is 3.07. The monoisotopic (exact) mass is 291 g/mol. The lowest BCUT2D eigenvalue weighted by molar-refractivity contribution is 0.102. The topological polar surface area (TPSA) is 64.3 Å². The Hall–Kier alpha value is -2.75. The fourth-order valence-corrected chi connectivity index (χ4v) is 2.60. The molecule has 0 aromatic carbocycles. The van der Waals surface area contributed by atoms with Gasteiger partial charge in [0.25, 0.3) is 0 Å². The molecule has 1 atom stereocenters. The fourth-order valence-electron chi connectivity index (χ4n) is 2.60. The number of fused-ring (bicyclic) bond motifs is 1. The van der Waals surface area contributed by atoms with Crippen LogP contribution in [0.1, 0.15) is 17.5 Å². The predicted molar refractivity (Wildman–Crippen MR) is 80.8 cm³/mol. The molecule has 3 aromatic heterocycles. The van der Waals surface area contributed by atoms with E-state index < -0.39 is 0 Å². The van der Waals surface area contributed by atoms with Crippen LogP contribution in [0.4, 0.5) is 0 Å². The quantitative estimate of drug-likeness (QED) is 0.723. The van der Waals surface area contributed by atoms with Gasteiger partial charge in [0.1, 0.15) is 17.6 Å². The number of nitrogens with zero attached hydrogens (tertiary/aromatic N) is 4. The summed E-state index contributed by atoms with van der Waals surface area (Å²) in [5.74, 6) is 2.61. The Balaban J connectivity index is 1.88. The van der Waals surface area contributed by atoms with Crippen molar-refractivity contribution >= 4 is 5.65 Å². The maximum absolute atomic E-state index is 5.64. The fraction of sp³-hybridized carbons (Fsp3) is 0.188. The molecule has 1 unspecified atom stereocenters. The van der Waals surface area contributed by atoms with Crippen LogP contribution in [0, 0.1) is 12.3 Å². The van der Waals surface area contributed by atoms with E-state index in [-0.39, 0.29) is 6.23 Å². The van der Waals surface area contributed by atoms with E-state index in [1.165, 1.54) is 0 Å². The molecule has 1 aliphatic heterocycles. The van der Waals surface area contributed by atoms with Crippen LogP contribution in [0.15, 0.2) is 36.7 Å². The minimum absolute atomic E-state index is 0.108. The second-order valence-corrected chi connectivity index (χ2v) is 4.93. The normalized spacial score (nSPS) is 17.7. The van der Waals surface area contributed by atoms with E-state index in [0.717, 1.165) is 23.5 Å². The average Bonchev–Trinajstić information content (AvgIpc) is 3.22. The third-order valence-electron chi connectivity index (χ3n) is 3.58. The number of nitrogens with one attached hydrogen (secondary N) is 1. The zero-order valence-electron chi connectivity index (χ0n) is 11.7. The SMILES string of the molecule is C#Cc1nc2cccnn2c1-c1cc(C2NCCO2)ccn1. The molecule has 0 saturated carbocycles. The van der Waals surface area contributed by atoms with E-state index in [9.17, 15) is 0 Å². The molecule has 3 aromatic rings. The lowest BCUT2D eigenvalue weighted by Crippen LogP contribution is -2.14. The third kappa shape index (κ3) is 2.04.